The second-order valence-corrected chi connectivity index (χ2v) is 6.16. The van der Waals surface area contributed by atoms with Crippen molar-refractivity contribution in [2.45, 2.75) is 13.8 Å². The Hall–Kier alpha value is -3.07. The molecule has 0 aliphatic heterocycles. The van der Waals surface area contributed by atoms with Crippen LogP contribution in [0.4, 0.5) is 4.39 Å². The van der Waals surface area contributed by atoms with E-state index in [1.165, 1.54) is 6.07 Å². The van der Waals surface area contributed by atoms with Crippen LogP contribution in [0.1, 0.15) is 11.1 Å². The van der Waals surface area contributed by atoms with E-state index in [2.05, 4.69) is 29.9 Å². The molecular formula is C22H17FN2. The lowest BCUT2D eigenvalue weighted by molar-refractivity contribution is 0.631. The molecule has 0 spiro atoms. The summed E-state index contributed by atoms with van der Waals surface area (Å²) in [6.45, 7) is 4.16. The summed E-state index contributed by atoms with van der Waals surface area (Å²) in [7, 11) is 0. The maximum Gasteiger partial charge on any atom is 0.131 e. The summed E-state index contributed by atoms with van der Waals surface area (Å²) in [5.41, 5.74) is 6.87. The minimum Gasteiger partial charge on any atom is -0.265 e. The van der Waals surface area contributed by atoms with Crippen LogP contribution in [0.25, 0.3) is 33.2 Å². The van der Waals surface area contributed by atoms with Gasteiger partial charge in [0, 0.05) is 29.5 Å². The second kappa shape index (κ2) is 6.10. The molecule has 0 aliphatic rings. The molecule has 2 aromatic heterocycles. The Morgan fingerprint density at radius 1 is 0.840 bits per heavy atom. The van der Waals surface area contributed by atoms with Crippen LogP contribution < -0.4 is 0 Å². The first-order chi connectivity index (χ1) is 12.2. The highest BCUT2D eigenvalue weighted by molar-refractivity contribution is 6.01. The number of rotatable bonds is 2. The van der Waals surface area contributed by atoms with E-state index in [9.17, 15) is 4.39 Å². The third kappa shape index (κ3) is 2.58. The highest BCUT2D eigenvalue weighted by atomic mass is 19.1. The van der Waals surface area contributed by atoms with Crippen LogP contribution >= 0.6 is 0 Å². The molecule has 0 bridgehead atoms. The minimum absolute atomic E-state index is 0.222. The van der Waals surface area contributed by atoms with Crippen LogP contribution in [0.5, 0.6) is 0 Å². The molecule has 0 aliphatic carbocycles. The Morgan fingerprint density at radius 2 is 1.60 bits per heavy atom. The first-order valence-corrected chi connectivity index (χ1v) is 8.21. The average Bonchev–Trinajstić information content (AvgIpc) is 2.62. The molecule has 0 saturated carbocycles. The van der Waals surface area contributed by atoms with Crippen LogP contribution in [0.2, 0.25) is 0 Å². The fourth-order valence-corrected chi connectivity index (χ4v) is 3.55. The Morgan fingerprint density at radius 3 is 2.36 bits per heavy atom. The first kappa shape index (κ1) is 15.5. The third-order valence-electron chi connectivity index (χ3n) is 4.61. The van der Waals surface area contributed by atoms with Crippen molar-refractivity contribution in [2.24, 2.45) is 0 Å². The maximum absolute atomic E-state index is 14.4. The smallest absolute Gasteiger partial charge is 0.131 e. The van der Waals surface area contributed by atoms with Crippen LogP contribution in [-0.4, -0.2) is 9.97 Å². The number of hydrogen-bond acceptors (Lipinski definition) is 2. The lowest BCUT2D eigenvalue weighted by Gasteiger charge is -2.16. The Bertz CT molecular complexity index is 1070. The largest absolute Gasteiger partial charge is 0.265 e. The van der Waals surface area contributed by atoms with Crippen LogP contribution in [0.15, 0.2) is 67.1 Å². The summed E-state index contributed by atoms with van der Waals surface area (Å²) in [5, 5.41) is 0.991. The number of aromatic nitrogens is 2. The zero-order valence-corrected chi connectivity index (χ0v) is 14.1. The topological polar surface area (TPSA) is 25.8 Å². The van der Waals surface area contributed by atoms with Gasteiger partial charge in [0.1, 0.15) is 5.82 Å². The standard InChI is InChI=1S/C22H17FN2/c1-14-13-20-22(15(2)21(14)16-7-10-24-11-8-16)18(9-12-25-20)17-5-3-4-6-19(17)23/h3-13H,1-2H3. The van der Waals surface area contributed by atoms with Crippen molar-refractivity contribution in [3.05, 3.63) is 84.1 Å². The van der Waals surface area contributed by atoms with E-state index in [4.69, 9.17) is 0 Å². The van der Waals surface area contributed by atoms with Gasteiger partial charge in [0.2, 0.25) is 0 Å². The monoisotopic (exact) mass is 328 g/mol. The summed E-state index contributed by atoms with van der Waals surface area (Å²) in [6.07, 6.45) is 5.33. The molecule has 4 rings (SSSR count). The van der Waals surface area contributed by atoms with E-state index in [0.717, 1.165) is 38.7 Å². The lowest BCUT2D eigenvalue weighted by Crippen LogP contribution is -1.95. The van der Waals surface area contributed by atoms with Gasteiger partial charge in [-0.05, 0) is 72.0 Å². The van der Waals surface area contributed by atoms with Gasteiger partial charge in [-0.3, -0.25) is 9.97 Å². The SMILES string of the molecule is Cc1cc2nccc(-c3ccccc3F)c2c(C)c1-c1ccncc1. The van der Waals surface area contributed by atoms with Gasteiger partial charge >= 0.3 is 0 Å². The van der Waals surface area contributed by atoms with Gasteiger partial charge in [-0.15, -0.1) is 0 Å². The fraction of sp³-hybridized carbons (Fsp3) is 0.0909. The minimum atomic E-state index is -0.222. The molecule has 2 nitrogen and oxygen atoms in total. The summed E-state index contributed by atoms with van der Waals surface area (Å²) >= 11 is 0. The molecule has 0 N–H and O–H groups in total. The summed E-state index contributed by atoms with van der Waals surface area (Å²) in [5.74, 6) is -0.222. The van der Waals surface area contributed by atoms with Gasteiger partial charge in [-0.1, -0.05) is 18.2 Å². The van der Waals surface area contributed by atoms with Crippen molar-refractivity contribution >= 4 is 10.9 Å². The van der Waals surface area contributed by atoms with E-state index >= 15 is 0 Å². The number of benzene rings is 2. The molecule has 4 aromatic rings. The predicted octanol–water partition coefficient (Wildman–Crippen LogP) is 5.72. The van der Waals surface area contributed by atoms with E-state index < -0.39 is 0 Å². The Labute approximate surface area is 146 Å². The number of halogens is 1. The van der Waals surface area contributed by atoms with Crippen molar-refractivity contribution < 1.29 is 4.39 Å². The van der Waals surface area contributed by atoms with E-state index in [1.807, 2.05) is 30.3 Å². The molecule has 2 heterocycles. The molecule has 0 amide bonds. The molecule has 2 aromatic carbocycles. The highest BCUT2D eigenvalue weighted by Crippen LogP contribution is 2.37. The first-order valence-electron chi connectivity index (χ1n) is 8.21. The van der Waals surface area contributed by atoms with E-state index in [0.29, 0.717) is 5.56 Å². The third-order valence-corrected chi connectivity index (χ3v) is 4.61. The Balaban J connectivity index is 2.09. The van der Waals surface area contributed by atoms with Gasteiger partial charge in [0.05, 0.1) is 5.52 Å². The summed E-state index contributed by atoms with van der Waals surface area (Å²) in [6, 6.07) is 14.8. The van der Waals surface area contributed by atoms with Crippen molar-refractivity contribution in [1.29, 1.82) is 0 Å². The molecule has 122 valence electrons. The molecular weight excluding hydrogens is 311 g/mol. The van der Waals surface area contributed by atoms with Gasteiger partial charge in [0.25, 0.3) is 0 Å². The summed E-state index contributed by atoms with van der Waals surface area (Å²) in [4.78, 5) is 8.63. The molecule has 0 unspecified atom stereocenters. The number of hydrogen-bond donors (Lipinski definition) is 0. The maximum atomic E-state index is 14.4. The lowest BCUT2D eigenvalue weighted by atomic mass is 9.89. The van der Waals surface area contributed by atoms with Crippen LogP contribution in [0.3, 0.4) is 0 Å². The fourth-order valence-electron chi connectivity index (χ4n) is 3.55. The molecule has 25 heavy (non-hydrogen) atoms. The molecule has 0 atom stereocenters. The predicted molar refractivity (Wildman–Crippen MR) is 99.8 cm³/mol. The van der Waals surface area contributed by atoms with Crippen LogP contribution in [0, 0.1) is 19.7 Å². The number of nitrogens with zero attached hydrogens (tertiary/aromatic N) is 2. The average molecular weight is 328 g/mol. The molecule has 0 fully saturated rings. The van der Waals surface area contributed by atoms with Gasteiger partial charge in [-0.25, -0.2) is 4.39 Å². The Kier molecular flexibility index (Phi) is 3.77. The second-order valence-electron chi connectivity index (χ2n) is 6.16. The normalized spacial score (nSPS) is 11.0. The van der Waals surface area contributed by atoms with Crippen molar-refractivity contribution in [3.8, 4) is 22.3 Å². The van der Waals surface area contributed by atoms with Crippen molar-refractivity contribution in [2.75, 3.05) is 0 Å². The summed E-state index contributed by atoms with van der Waals surface area (Å²) < 4.78 is 14.4. The molecule has 0 saturated heterocycles. The number of fused-ring (bicyclic) bond motifs is 1. The number of aryl methyl sites for hydroxylation is 2. The molecule has 0 radical (unpaired) electrons. The zero-order chi connectivity index (χ0) is 17.4. The van der Waals surface area contributed by atoms with Gasteiger partial charge < -0.3 is 0 Å². The van der Waals surface area contributed by atoms with Crippen molar-refractivity contribution in [3.63, 3.8) is 0 Å². The van der Waals surface area contributed by atoms with Crippen LogP contribution in [-0.2, 0) is 0 Å². The van der Waals surface area contributed by atoms with Gasteiger partial charge in [-0.2, -0.15) is 0 Å². The quantitative estimate of drug-likeness (QED) is 0.470. The molecule has 3 heteroatoms. The highest BCUT2D eigenvalue weighted by Gasteiger charge is 2.15. The van der Waals surface area contributed by atoms with E-state index in [-0.39, 0.29) is 5.82 Å². The van der Waals surface area contributed by atoms with Gasteiger partial charge in [0.15, 0.2) is 0 Å². The van der Waals surface area contributed by atoms with Crippen molar-refractivity contribution in [1.82, 2.24) is 9.97 Å². The number of pyridine rings is 2. The zero-order valence-electron chi connectivity index (χ0n) is 14.1. The van der Waals surface area contributed by atoms with E-state index in [1.54, 1.807) is 24.7 Å².